The van der Waals surface area contributed by atoms with Gasteiger partial charge in [0.25, 0.3) is 0 Å². The van der Waals surface area contributed by atoms with Crippen LogP contribution in [0.25, 0.3) is 0 Å². The Kier molecular flexibility index (Phi) is 5.20. The molecule has 0 spiro atoms. The number of halogens is 2. The zero-order valence-electron chi connectivity index (χ0n) is 11.4. The summed E-state index contributed by atoms with van der Waals surface area (Å²) in [6.45, 7) is 4.34. The molecule has 2 N–H and O–H groups in total. The van der Waals surface area contributed by atoms with Gasteiger partial charge in [-0.2, -0.15) is 0 Å². The molecule has 1 aromatic rings. The van der Waals surface area contributed by atoms with Gasteiger partial charge >= 0.3 is 0 Å². The molecule has 4 heteroatoms. The maximum Gasteiger partial charge on any atom is 0.129 e. The highest BCUT2D eigenvalue weighted by Crippen LogP contribution is 2.33. The van der Waals surface area contributed by atoms with Crippen LogP contribution in [-0.4, -0.2) is 24.5 Å². The molecule has 1 atom stereocenters. The second-order valence-electron chi connectivity index (χ2n) is 5.27. The molecule has 0 aliphatic heterocycles. The Hall–Kier alpha value is -0.640. The van der Waals surface area contributed by atoms with Gasteiger partial charge in [-0.3, -0.25) is 4.90 Å². The SMILES string of the molecule is CCN(CC1CCC1)C(CN)c1c(F)cccc1Cl. The lowest BCUT2D eigenvalue weighted by Gasteiger charge is -2.36. The van der Waals surface area contributed by atoms with Gasteiger partial charge in [-0.25, -0.2) is 4.39 Å². The number of benzene rings is 1. The molecule has 1 aliphatic rings. The van der Waals surface area contributed by atoms with E-state index in [1.807, 2.05) is 0 Å². The van der Waals surface area contributed by atoms with Crippen molar-refractivity contribution in [3.05, 3.63) is 34.6 Å². The van der Waals surface area contributed by atoms with Crippen LogP contribution >= 0.6 is 11.6 Å². The first-order chi connectivity index (χ1) is 9.17. The Bertz CT molecular complexity index is 400. The van der Waals surface area contributed by atoms with Crippen molar-refractivity contribution < 1.29 is 4.39 Å². The maximum atomic E-state index is 14.1. The molecule has 1 fully saturated rings. The minimum atomic E-state index is -0.255. The van der Waals surface area contributed by atoms with Crippen LogP contribution in [-0.2, 0) is 0 Å². The fraction of sp³-hybridized carbons (Fsp3) is 0.600. The molecular formula is C15H22ClFN2. The Morgan fingerprint density at radius 1 is 1.47 bits per heavy atom. The predicted molar refractivity (Wildman–Crippen MR) is 77.8 cm³/mol. The third-order valence-electron chi connectivity index (χ3n) is 4.12. The third-order valence-corrected chi connectivity index (χ3v) is 4.45. The summed E-state index contributed by atoms with van der Waals surface area (Å²) in [5.74, 6) is 0.481. The Morgan fingerprint density at radius 3 is 2.68 bits per heavy atom. The summed E-state index contributed by atoms with van der Waals surface area (Å²) in [7, 11) is 0. The molecule has 0 aromatic heterocycles. The molecule has 2 rings (SSSR count). The lowest BCUT2D eigenvalue weighted by Crippen LogP contribution is -2.39. The Labute approximate surface area is 119 Å². The van der Waals surface area contributed by atoms with E-state index in [0.717, 1.165) is 19.0 Å². The quantitative estimate of drug-likeness (QED) is 0.865. The van der Waals surface area contributed by atoms with E-state index in [2.05, 4.69) is 11.8 Å². The smallest absolute Gasteiger partial charge is 0.129 e. The summed E-state index contributed by atoms with van der Waals surface area (Å²) in [5.41, 5.74) is 6.44. The number of hydrogen-bond acceptors (Lipinski definition) is 2. The van der Waals surface area contributed by atoms with E-state index in [4.69, 9.17) is 17.3 Å². The van der Waals surface area contributed by atoms with Crippen LogP contribution in [0, 0.1) is 11.7 Å². The lowest BCUT2D eigenvalue weighted by atomic mass is 9.84. The molecule has 106 valence electrons. The molecule has 1 aliphatic carbocycles. The number of likely N-dealkylation sites (N-methyl/N-ethyl adjacent to an activating group) is 1. The first-order valence-electron chi connectivity index (χ1n) is 7.05. The topological polar surface area (TPSA) is 29.3 Å². The summed E-state index contributed by atoms with van der Waals surface area (Å²) in [5, 5.41) is 0.475. The molecule has 0 amide bonds. The van der Waals surface area contributed by atoms with Crippen LogP contribution in [0.2, 0.25) is 5.02 Å². The monoisotopic (exact) mass is 284 g/mol. The van der Waals surface area contributed by atoms with E-state index >= 15 is 0 Å². The Balaban J connectivity index is 2.20. The average molecular weight is 285 g/mol. The van der Waals surface area contributed by atoms with Gasteiger partial charge in [-0.05, 0) is 37.4 Å². The molecule has 19 heavy (non-hydrogen) atoms. The van der Waals surface area contributed by atoms with E-state index in [9.17, 15) is 4.39 Å². The van der Waals surface area contributed by atoms with Crippen molar-refractivity contribution in [1.29, 1.82) is 0 Å². The largest absolute Gasteiger partial charge is 0.329 e. The van der Waals surface area contributed by atoms with Crippen molar-refractivity contribution in [1.82, 2.24) is 4.90 Å². The highest BCUT2D eigenvalue weighted by atomic mass is 35.5. The van der Waals surface area contributed by atoms with Gasteiger partial charge in [0, 0.05) is 23.7 Å². The molecule has 0 radical (unpaired) electrons. The summed E-state index contributed by atoms with van der Waals surface area (Å²) in [6.07, 6.45) is 3.87. The van der Waals surface area contributed by atoms with Crippen LogP contribution in [0.15, 0.2) is 18.2 Å². The normalized spacial score (nSPS) is 17.5. The van der Waals surface area contributed by atoms with Crippen LogP contribution < -0.4 is 5.73 Å². The van der Waals surface area contributed by atoms with Crippen LogP contribution in [0.1, 0.15) is 37.8 Å². The second-order valence-corrected chi connectivity index (χ2v) is 5.68. The van der Waals surface area contributed by atoms with Gasteiger partial charge in [0.1, 0.15) is 5.82 Å². The number of hydrogen-bond donors (Lipinski definition) is 1. The van der Waals surface area contributed by atoms with Crippen molar-refractivity contribution in [2.45, 2.75) is 32.2 Å². The molecule has 2 nitrogen and oxygen atoms in total. The number of nitrogens with zero attached hydrogens (tertiary/aromatic N) is 1. The molecule has 1 unspecified atom stereocenters. The molecule has 0 saturated heterocycles. The van der Waals surface area contributed by atoms with Crippen LogP contribution in [0.4, 0.5) is 4.39 Å². The summed E-state index contributed by atoms with van der Waals surface area (Å²) >= 11 is 6.17. The van der Waals surface area contributed by atoms with Gasteiger partial charge in [0.05, 0.1) is 6.04 Å². The first-order valence-corrected chi connectivity index (χ1v) is 7.43. The van der Waals surface area contributed by atoms with Gasteiger partial charge < -0.3 is 5.73 Å². The molecular weight excluding hydrogens is 263 g/mol. The van der Waals surface area contributed by atoms with Crippen molar-refractivity contribution in [3.63, 3.8) is 0 Å². The van der Waals surface area contributed by atoms with Crippen molar-refractivity contribution >= 4 is 11.6 Å². The first kappa shape index (κ1) is 14.8. The van der Waals surface area contributed by atoms with Crippen molar-refractivity contribution in [3.8, 4) is 0 Å². The van der Waals surface area contributed by atoms with Gasteiger partial charge in [0.15, 0.2) is 0 Å². The summed E-state index contributed by atoms with van der Waals surface area (Å²) in [6, 6.07) is 4.71. The van der Waals surface area contributed by atoms with E-state index in [-0.39, 0.29) is 11.9 Å². The van der Waals surface area contributed by atoms with E-state index < -0.39 is 0 Å². The second kappa shape index (κ2) is 6.69. The molecule has 1 aromatic carbocycles. The number of nitrogens with two attached hydrogens (primary N) is 1. The fourth-order valence-corrected chi connectivity index (χ4v) is 3.05. The minimum absolute atomic E-state index is 0.126. The van der Waals surface area contributed by atoms with E-state index in [0.29, 0.717) is 17.1 Å². The van der Waals surface area contributed by atoms with Gasteiger partial charge in [-0.15, -0.1) is 0 Å². The summed E-state index contributed by atoms with van der Waals surface area (Å²) in [4.78, 5) is 2.26. The van der Waals surface area contributed by atoms with E-state index in [1.54, 1.807) is 12.1 Å². The van der Waals surface area contributed by atoms with Crippen LogP contribution in [0.5, 0.6) is 0 Å². The van der Waals surface area contributed by atoms with Crippen LogP contribution in [0.3, 0.4) is 0 Å². The lowest BCUT2D eigenvalue weighted by molar-refractivity contribution is 0.139. The highest BCUT2D eigenvalue weighted by molar-refractivity contribution is 6.31. The standard InChI is InChI=1S/C15H22ClFN2/c1-2-19(10-11-5-3-6-11)14(9-18)15-12(16)7-4-8-13(15)17/h4,7-8,11,14H,2-3,5-6,9-10,18H2,1H3. The van der Waals surface area contributed by atoms with Crippen molar-refractivity contribution in [2.75, 3.05) is 19.6 Å². The van der Waals surface area contributed by atoms with Gasteiger partial charge in [0.2, 0.25) is 0 Å². The zero-order valence-corrected chi connectivity index (χ0v) is 12.2. The average Bonchev–Trinajstić information content (AvgIpc) is 2.34. The molecule has 0 heterocycles. The molecule has 1 saturated carbocycles. The predicted octanol–water partition coefficient (Wildman–Crippen LogP) is 3.60. The van der Waals surface area contributed by atoms with Gasteiger partial charge in [-0.1, -0.05) is 31.0 Å². The highest BCUT2D eigenvalue weighted by Gasteiger charge is 2.27. The fourth-order valence-electron chi connectivity index (χ4n) is 2.76. The summed E-state index contributed by atoms with van der Waals surface area (Å²) < 4.78 is 14.1. The van der Waals surface area contributed by atoms with E-state index in [1.165, 1.54) is 25.3 Å². The zero-order chi connectivity index (χ0) is 13.8. The van der Waals surface area contributed by atoms with Crippen molar-refractivity contribution in [2.24, 2.45) is 11.7 Å². The Morgan fingerprint density at radius 2 is 2.21 bits per heavy atom. The maximum absolute atomic E-state index is 14.1. The third kappa shape index (κ3) is 3.28. The minimum Gasteiger partial charge on any atom is -0.329 e. The number of rotatable bonds is 6. The molecule has 0 bridgehead atoms.